The maximum Gasteiger partial charge on any atom is 0.417 e. The van der Waals surface area contributed by atoms with Gasteiger partial charge in [-0.05, 0) is 36.6 Å². The number of carbonyl (C=O) groups excluding carboxylic acids is 1. The Morgan fingerprint density at radius 1 is 1.00 bits per heavy atom. The predicted octanol–water partition coefficient (Wildman–Crippen LogP) is 5.53. The van der Waals surface area contributed by atoms with Crippen molar-refractivity contribution in [3.8, 4) is 17.2 Å². The van der Waals surface area contributed by atoms with Crippen LogP contribution in [0.4, 0.5) is 23.7 Å². The molecule has 1 aliphatic carbocycles. The Bertz CT molecular complexity index is 1530. The molecule has 1 saturated heterocycles. The van der Waals surface area contributed by atoms with Gasteiger partial charge in [-0.25, -0.2) is 13.2 Å². The van der Waals surface area contributed by atoms with Gasteiger partial charge in [0.1, 0.15) is 5.54 Å². The summed E-state index contributed by atoms with van der Waals surface area (Å²) in [6.07, 6.45) is -6.19. The van der Waals surface area contributed by atoms with Crippen LogP contribution in [0.2, 0.25) is 0 Å². The summed E-state index contributed by atoms with van der Waals surface area (Å²) in [4.78, 5) is 13.5. The third kappa shape index (κ3) is 5.29. The number of hydrogen-bond acceptors (Lipinski definition) is 6. The highest BCUT2D eigenvalue weighted by atomic mass is 32.2. The van der Waals surface area contributed by atoms with Crippen LogP contribution in [-0.2, 0) is 20.8 Å². The number of alkyl carbamates (subject to hydrolysis) is 1. The van der Waals surface area contributed by atoms with E-state index in [2.05, 4.69) is 5.32 Å². The first kappa shape index (κ1) is 26.6. The first-order valence-corrected chi connectivity index (χ1v) is 13.8. The molecule has 0 radical (unpaired) electrons. The Labute approximate surface area is 223 Å². The van der Waals surface area contributed by atoms with Crippen molar-refractivity contribution in [2.45, 2.75) is 47.4 Å². The summed E-state index contributed by atoms with van der Waals surface area (Å²) in [5, 5.41) is 10.6. The van der Waals surface area contributed by atoms with Crippen LogP contribution in [0, 0.1) is 11.3 Å². The van der Waals surface area contributed by atoms with Gasteiger partial charge in [0.05, 0.1) is 21.8 Å². The van der Waals surface area contributed by atoms with Crippen molar-refractivity contribution < 1.29 is 31.1 Å². The molecule has 1 aliphatic heterocycles. The summed E-state index contributed by atoms with van der Waals surface area (Å²) in [6, 6.07) is 22.5. The van der Waals surface area contributed by atoms with E-state index in [-0.39, 0.29) is 13.0 Å². The average Bonchev–Trinajstić information content (AvgIpc) is 3.57. The Kier molecular flexibility index (Phi) is 6.76. The maximum absolute atomic E-state index is 13.7. The number of sulfone groups is 1. The fourth-order valence-electron chi connectivity index (χ4n) is 4.81. The van der Waals surface area contributed by atoms with E-state index in [9.17, 15) is 31.6 Å². The Balaban J connectivity index is 1.53. The van der Waals surface area contributed by atoms with Crippen molar-refractivity contribution in [2.75, 3.05) is 11.4 Å². The van der Waals surface area contributed by atoms with E-state index >= 15 is 0 Å². The SMILES string of the molecule is N#CC1(NC(=O)OC2CC(S(=O)(=O)c3ccccc3C(F)(F)F)CN2c2ccccc2-c2ccccc2)CC1. The van der Waals surface area contributed by atoms with Crippen LogP contribution in [0.15, 0.2) is 83.8 Å². The van der Waals surface area contributed by atoms with E-state index in [0.29, 0.717) is 18.5 Å². The van der Waals surface area contributed by atoms with Crippen molar-refractivity contribution in [2.24, 2.45) is 0 Å². The number of alkyl halides is 3. The molecule has 2 unspecified atom stereocenters. The number of halogens is 3. The molecule has 39 heavy (non-hydrogen) atoms. The molecule has 5 rings (SSSR count). The lowest BCUT2D eigenvalue weighted by atomic mass is 10.0. The second-order valence-electron chi connectivity index (χ2n) is 9.61. The Morgan fingerprint density at radius 3 is 2.31 bits per heavy atom. The predicted molar refractivity (Wildman–Crippen MR) is 137 cm³/mol. The zero-order chi connectivity index (χ0) is 27.8. The number of ether oxygens (including phenoxy) is 1. The van der Waals surface area contributed by atoms with E-state index in [1.54, 1.807) is 17.0 Å². The van der Waals surface area contributed by atoms with Crippen molar-refractivity contribution in [3.05, 3.63) is 84.4 Å². The number of nitriles is 1. The second-order valence-corrected chi connectivity index (χ2v) is 11.8. The van der Waals surface area contributed by atoms with Crippen LogP contribution in [0.5, 0.6) is 0 Å². The van der Waals surface area contributed by atoms with Gasteiger partial charge in [0.25, 0.3) is 0 Å². The molecule has 1 saturated carbocycles. The normalized spacial score (nSPS) is 20.2. The number of para-hydroxylation sites is 1. The molecule has 3 aromatic carbocycles. The average molecular weight is 556 g/mol. The van der Waals surface area contributed by atoms with Crippen LogP contribution < -0.4 is 10.2 Å². The van der Waals surface area contributed by atoms with Crippen LogP contribution in [-0.4, -0.2) is 38.1 Å². The van der Waals surface area contributed by atoms with Gasteiger partial charge >= 0.3 is 12.3 Å². The van der Waals surface area contributed by atoms with Gasteiger partial charge in [0.15, 0.2) is 16.1 Å². The Hall–Kier alpha value is -4.04. The van der Waals surface area contributed by atoms with Gasteiger partial charge in [-0.2, -0.15) is 18.4 Å². The minimum atomic E-state index is -4.87. The number of carbonyl (C=O) groups is 1. The van der Waals surface area contributed by atoms with Crippen LogP contribution in [0.1, 0.15) is 24.8 Å². The summed E-state index contributed by atoms with van der Waals surface area (Å²) < 4.78 is 74.0. The minimum Gasteiger partial charge on any atom is -0.425 e. The fraction of sp³-hybridized carbons (Fsp3) is 0.286. The van der Waals surface area contributed by atoms with Crippen molar-refractivity contribution in [1.82, 2.24) is 5.32 Å². The van der Waals surface area contributed by atoms with E-state index in [1.165, 1.54) is 6.07 Å². The molecule has 3 aromatic rings. The minimum absolute atomic E-state index is 0.209. The number of nitrogens with one attached hydrogen (secondary N) is 1. The zero-order valence-electron chi connectivity index (χ0n) is 20.6. The second kappa shape index (κ2) is 9.93. The molecular weight excluding hydrogens is 531 g/mol. The summed E-state index contributed by atoms with van der Waals surface area (Å²) in [5.74, 6) is 0. The largest absolute Gasteiger partial charge is 0.425 e. The lowest BCUT2D eigenvalue weighted by Gasteiger charge is -2.28. The number of benzene rings is 3. The molecule has 202 valence electrons. The summed E-state index contributed by atoms with van der Waals surface area (Å²) >= 11 is 0. The molecule has 1 heterocycles. The third-order valence-corrected chi connectivity index (χ3v) is 9.19. The van der Waals surface area contributed by atoms with Crippen LogP contribution in [0.3, 0.4) is 0 Å². The molecule has 0 bridgehead atoms. The topological polar surface area (TPSA) is 99.5 Å². The van der Waals surface area contributed by atoms with E-state index in [4.69, 9.17) is 4.74 Å². The van der Waals surface area contributed by atoms with E-state index < -0.39 is 49.6 Å². The molecule has 0 aromatic heterocycles. The molecule has 1 N–H and O–H groups in total. The molecule has 0 spiro atoms. The van der Waals surface area contributed by atoms with Gasteiger partial charge in [0, 0.05) is 24.2 Å². The fourth-order valence-corrected chi connectivity index (χ4v) is 6.70. The summed E-state index contributed by atoms with van der Waals surface area (Å²) in [7, 11) is -4.49. The highest BCUT2D eigenvalue weighted by Crippen LogP contribution is 2.41. The number of amides is 1. The molecule has 2 aliphatic rings. The first-order valence-electron chi connectivity index (χ1n) is 12.3. The number of hydrogen-bond donors (Lipinski definition) is 1. The summed E-state index contributed by atoms with van der Waals surface area (Å²) in [5.41, 5.74) is -0.139. The molecular formula is C28H24F3N3O4S. The maximum atomic E-state index is 13.7. The van der Waals surface area contributed by atoms with Crippen molar-refractivity contribution in [1.29, 1.82) is 5.26 Å². The molecule has 11 heteroatoms. The smallest absolute Gasteiger partial charge is 0.417 e. The molecule has 2 fully saturated rings. The third-order valence-electron chi connectivity index (χ3n) is 7.00. The van der Waals surface area contributed by atoms with E-state index in [0.717, 1.165) is 29.3 Å². The lowest BCUT2D eigenvalue weighted by molar-refractivity contribution is -0.139. The molecule has 7 nitrogen and oxygen atoms in total. The van der Waals surface area contributed by atoms with Crippen LogP contribution in [0.25, 0.3) is 11.1 Å². The Morgan fingerprint density at radius 2 is 1.64 bits per heavy atom. The quantitative estimate of drug-likeness (QED) is 0.429. The highest BCUT2D eigenvalue weighted by molar-refractivity contribution is 7.92. The monoisotopic (exact) mass is 555 g/mol. The van der Waals surface area contributed by atoms with Crippen LogP contribution >= 0.6 is 0 Å². The van der Waals surface area contributed by atoms with Gasteiger partial charge in [-0.1, -0.05) is 60.7 Å². The van der Waals surface area contributed by atoms with Gasteiger partial charge in [-0.15, -0.1) is 0 Å². The van der Waals surface area contributed by atoms with Gasteiger partial charge in [-0.3, -0.25) is 0 Å². The first-order chi connectivity index (χ1) is 18.5. The number of anilines is 1. The van der Waals surface area contributed by atoms with E-state index in [1.807, 2.05) is 48.5 Å². The highest BCUT2D eigenvalue weighted by Gasteiger charge is 2.48. The number of nitrogens with zero attached hydrogens (tertiary/aromatic N) is 2. The molecule has 2 atom stereocenters. The number of rotatable bonds is 6. The molecule has 1 amide bonds. The van der Waals surface area contributed by atoms with Crippen molar-refractivity contribution >= 4 is 21.6 Å². The zero-order valence-corrected chi connectivity index (χ0v) is 21.4. The standard InChI is InChI=1S/C28H24F3N3O4S/c29-28(30,31)22-11-5-7-13-24(22)39(36,37)20-16-25(38-26(35)33-27(18-32)14-15-27)34(17-20)23-12-6-4-10-21(23)19-8-2-1-3-9-19/h1-13,20,25H,14-17H2,(H,33,35). The van der Waals surface area contributed by atoms with Gasteiger partial charge < -0.3 is 15.0 Å². The van der Waals surface area contributed by atoms with Gasteiger partial charge in [0.2, 0.25) is 0 Å². The lowest BCUT2D eigenvalue weighted by Crippen LogP contribution is -2.41. The van der Waals surface area contributed by atoms with Crippen molar-refractivity contribution in [3.63, 3.8) is 0 Å². The summed E-state index contributed by atoms with van der Waals surface area (Å²) in [6.45, 7) is -0.209.